The van der Waals surface area contributed by atoms with E-state index in [1.54, 1.807) is 11.8 Å². The van der Waals surface area contributed by atoms with E-state index in [0.717, 1.165) is 48.9 Å². The van der Waals surface area contributed by atoms with Gasteiger partial charge >= 0.3 is 0 Å². The number of fused-ring (bicyclic) bond motifs is 1. The minimum Gasteiger partial charge on any atom is -0.381 e. The Hall–Kier alpha value is -0.710. The molecule has 0 saturated carbocycles. The number of thioether (sulfide) groups is 1. The molecular weight excluding hydrogens is 294 g/mol. The fourth-order valence-corrected chi connectivity index (χ4v) is 3.92. The van der Waals surface area contributed by atoms with Crippen LogP contribution in [0.25, 0.3) is 0 Å². The summed E-state index contributed by atoms with van der Waals surface area (Å²) in [5, 5.41) is 0.685. The summed E-state index contributed by atoms with van der Waals surface area (Å²) in [6.45, 7) is 2.32. The van der Waals surface area contributed by atoms with Gasteiger partial charge in [0.15, 0.2) is 0 Å². The molecule has 20 heavy (non-hydrogen) atoms. The van der Waals surface area contributed by atoms with Gasteiger partial charge in [0.1, 0.15) is 0 Å². The monoisotopic (exact) mass is 311 g/mol. The van der Waals surface area contributed by atoms with Crippen LogP contribution in [-0.2, 0) is 9.53 Å². The Balaban J connectivity index is 1.74. The lowest BCUT2D eigenvalue weighted by atomic mass is 9.98. The smallest absolute Gasteiger partial charge is 0.227 e. The van der Waals surface area contributed by atoms with Crippen LogP contribution < -0.4 is 4.90 Å². The summed E-state index contributed by atoms with van der Waals surface area (Å²) in [4.78, 5) is 15.6. The Morgan fingerprint density at radius 3 is 3.20 bits per heavy atom. The number of carbonyl (C=O) groups is 1. The van der Waals surface area contributed by atoms with E-state index in [0.29, 0.717) is 17.4 Å². The number of benzene rings is 1. The molecule has 0 radical (unpaired) electrons. The van der Waals surface area contributed by atoms with Crippen molar-refractivity contribution in [2.45, 2.75) is 24.2 Å². The molecule has 1 aromatic rings. The molecule has 2 aliphatic rings. The largest absolute Gasteiger partial charge is 0.381 e. The molecule has 0 aromatic heterocycles. The van der Waals surface area contributed by atoms with Crippen molar-refractivity contribution < 1.29 is 9.53 Å². The van der Waals surface area contributed by atoms with Gasteiger partial charge in [0, 0.05) is 41.9 Å². The number of rotatable bonds is 2. The predicted molar refractivity (Wildman–Crippen MR) is 82.7 cm³/mol. The van der Waals surface area contributed by atoms with Gasteiger partial charge in [-0.1, -0.05) is 11.6 Å². The van der Waals surface area contributed by atoms with Crippen LogP contribution in [0, 0.1) is 5.92 Å². The molecule has 0 aliphatic carbocycles. The normalized spacial score (nSPS) is 22.4. The van der Waals surface area contributed by atoms with E-state index >= 15 is 0 Å². The first-order valence-electron chi connectivity index (χ1n) is 7.04. The van der Waals surface area contributed by atoms with Crippen LogP contribution in [0.4, 0.5) is 5.69 Å². The quantitative estimate of drug-likeness (QED) is 0.836. The zero-order chi connectivity index (χ0) is 13.9. The van der Waals surface area contributed by atoms with Crippen LogP contribution >= 0.6 is 23.4 Å². The van der Waals surface area contributed by atoms with Crippen LogP contribution in [0.2, 0.25) is 5.02 Å². The van der Waals surface area contributed by atoms with Crippen LogP contribution in [0.15, 0.2) is 23.1 Å². The van der Waals surface area contributed by atoms with Crippen molar-refractivity contribution in [3.63, 3.8) is 0 Å². The number of carbonyl (C=O) groups excluding carboxylic acids is 1. The highest BCUT2D eigenvalue weighted by molar-refractivity contribution is 7.99. The zero-order valence-corrected chi connectivity index (χ0v) is 12.9. The Morgan fingerprint density at radius 1 is 1.50 bits per heavy atom. The number of hydrogen-bond donors (Lipinski definition) is 0. The molecule has 5 heteroatoms. The Kier molecular flexibility index (Phi) is 4.54. The van der Waals surface area contributed by atoms with Gasteiger partial charge in [0.05, 0.1) is 5.69 Å². The summed E-state index contributed by atoms with van der Waals surface area (Å²) in [5.74, 6) is 1.51. The molecule has 1 amide bonds. The topological polar surface area (TPSA) is 29.5 Å². The molecule has 1 saturated heterocycles. The highest BCUT2D eigenvalue weighted by Crippen LogP contribution is 2.37. The maximum Gasteiger partial charge on any atom is 0.227 e. The lowest BCUT2D eigenvalue weighted by molar-refractivity contribution is -0.120. The van der Waals surface area contributed by atoms with Crippen molar-refractivity contribution in [3.8, 4) is 0 Å². The van der Waals surface area contributed by atoms with Gasteiger partial charge in [0.25, 0.3) is 0 Å². The van der Waals surface area contributed by atoms with Crippen LogP contribution in [0.5, 0.6) is 0 Å². The lowest BCUT2D eigenvalue weighted by Crippen LogP contribution is -2.37. The van der Waals surface area contributed by atoms with Crippen molar-refractivity contribution in [2.24, 2.45) is 5.92 Å². The number of hydrogen-bond acceptors (Lipinski definition) is 3. The van der Waals surface area contributed by atoms with Crippen LogP contribution in [0.3, 0.4) is 0 Å². The van der Waals surface area contributed by atoms with E-state index in [1.165, 1.54) is 0 Å². The predicted octanol–water partition coefficient (Wildman–Crippen LogP) is 3.60. The highest BCUT2D eigenvalue weighted by Gasteiger charge is 2.26. The van der Waals surface area contributed by atoms with Gasteiger partial charge in [-0.25, -0.2) is 0 Å². The van der Waals surface area contributed by atoms with Crippen molar-refractivity contribution in [1.29, 1.82) is 0 Å². The van der Waals surface area contributed by atoms with E-state index in [1.807, 2.05) is 23.1 Å². The Morgan fingerprint density at radius 2 is 2.40 bits per heavy atom. The van der Waals surface area contributed by atoms with Crippen molar-refractivity contribution >= 4 is 35.0 Å². The lowest BCUT2D eigenvalue weighted by Gasteiger charge is -2.31. The molecule has 0 bridgehead atoms. The molecule has 2 aliphatic heterocycles. The van der Waals surface area contributed by atoms with Gasteiger partial charge in [-0.2, -0.15) is 0 Å². The van der Waals surface area contributed by atoms with E-state index in [4.69, 9.17) is 16.3 Å². The van der Waals surface area contributed by atoms with Gasteiger partial charge in [-0.05, 0) is 37.0 Å². The van der Waals surface area contributed by atoms with Crippen LogP contribution in [0.1, 0.15) is 19.3 Å². The molecule has 108 valence electrons. The average Bonchev–Trinajstić information content (AvgIpc) is 2.47. The van der Waals surface area contributed by atoms with Gasteiger partial charge < -0.3 is 9.64 Å². The minimum absolute atomic E-state index is 0.198. The Labute approximate surface area is 128 Å². The molecule has 2 heterocycles. The molecule has 1 aromatic carbocycles. The number of ether oxygens (including phenoxy) is 1. The second kappa shape index (κ2) is 6.37. The summed E-state index contributed by atoms with van der Waals surface area (Å²) >= 11 is 7.86. The SMILES string of the molecule is O=C(C[C@@H]1CCCOC1)N1CCSc2ccc(Cl)cc21. The third kappa shape index (κ3) is 3.13. The molecule has 0 spiro atoms. The number of anilines is 1. The summed E-state index contributed by atoms with van der Waals surface area (Å²) in [7, 11) is 0. The highest BCUT2D eigenvalue weighted by atomic mass is 35.5. The fraction of sp³-hybridized carbons (Fsp3) is 0.533. The molecule has 1 atom stereocenters. The second-order valence-corrected chi connectivity index (χ2v) is 6.87. The van der Waals surface area contributed by atoms with E-state index in [9.17, 15) is 4.79 Å². The first-order valence-corrected chi connectivity index (χ1v) is 8.41. The molecule has 0 unspecified atom stereocenters. The van der Waals surface area contributed by atoms with Gasteiger partial charge in [-0.3, -0.25) is 4.79 Å². The number of nitrogens with zero attached hydrogens (tertiary/aromatic N) is 1. The summed E-state index contributed by atoms with van der Waals surface area (Å²) in [6, 6.07) is 5.79. The minimum atomic E-state index is 0.198. The molecule has 0 N–H and O–H groups in total. The van der Waals surface area contributed by atoms with Crippen LogP contribution in [-0.4, -0.2) is 31.4 Å². The van der Waals surface area contributed by atoms with Gasteiger partial charge in [-0.15, -0.1) is 11.8 Å². The molecule has 3 rings (SSSR count). The standard InChI is InChI=1S/C15H18ClNO2S/c16-12-3-4-14-13(9-12)17(5-7-20-14)15(18)8-11-2-1-6-19-10-11/h3-4,9,11H,1-2,5-8,10H2/t11-/m0/s1. The van der Waals surface area contributed by atoms with Crippen molar-refractivity contribution in [1.82, 2.24) is 0 Å². The maximum atomic E-state index is 12.6. The fourth-order valence-electron chi connectivity index (χ4n) is 2.78. The molecular formula is C15H18ClNO2S. The second-order valence-electron chi connectivity index (χ2n) is 5.29. The average molecular weight is 312 g/mol. The van der Waals surface area contributed by atoms with Crippen molar-refractivity contribution in [3.05, 3.63) is 23.2 Å². The zero-order valence-electron chi connectivity index (χ0n) is 11.3. The van der Waals surface area contributed by atoms with E-state index < -0.39 is 0 Å². The summed E-state index contributed by atoms with van der Waals surface area (Å²) in [5.41, 5.74) is 0.968. The number of halogens is 1. The van der Waals surface area contributed by atoms with E-state index in [-0.39, 0.29) is 5.91 Å². The molecule has 1 fully saturated rings. The summed E-state index contributed by atoms with van der Waals surface area (Å²) in [6.07, 6.45) is 2.74. The van der Waals surface area contributed by atoms with Crippen molar-refractivity contribution in [2.75, 3.05) is 30.4 Å². The molecule has 3 nitrogen and oxygen atoms in total. The van der Waals surface area contributed by atoms with E-state index in [2.05, 4.69) is 0 Å². The third-order valence-electron chi connectivity index (χ3n) is 3.80. The first-order chi connectivity index (χ1) is 9.74. The number of amides is 1. The Bertz CT molecular complexity index is 503. The van der Waals surface area contributed by atoms with Gasteiger partial charge in [0.2, 0.25) is 5.91 Å². The summed E-state index contributed by atoms with van der Waals surface area (Å²) < 4.78 is 5.46. The maximum absolute atomic E-state index is 12.6. The first kappa shape index (κ1) is 14.2. The third-order valence-corrected chi connectivity index (χ3v) is 5.08.